The molecule has 1 N–H and O–H groups in total. The van der Waals surface area contributed by atoms with Gasteiger partial charge in [0.1, 0.15) is 24.1 Å². The highest BCUT2D eigenvalue weighted by Gasteiger charge is 2.14. The summed E-state index contributed by atoms with van der Waals surface area (Å²) in [5.74, 6) is -0.207. The number of carbonyl (C=O) groups excluding carboxylic acids is 1. The lowest BCUT2D eigenvalue weighted by Gasteiger charge is -2.16. The summed E-state index contributed by atoms with van der Waals surface area (Å²) in [6.07, 6.45) is 1.43. The SMILES string of the molecule is CCOc1cc(/C=C(\C#N)C(=O)Nc2ccccc2F)ccc1OCc1c(C)cc(C)cc1C. The minimum Gasteiger partial charge on any atom is -0.490 e. The molecule has 0 unspecified atom stereocenters. The normalized spacial score (nSPS) is 11.0. The van der Waals surface area contributed by atoms with Crippen molar-refractivity contribution in [3.8, 4) is 17.6 Å². The molecule has 0 saturated heterocycles. The van der Waals surface area contributed by atoms with E-state index in [2.05, 4.69) is 38.2 Å². The van der Waals surface area contributed by atoms with Crippen LogP contribution in [-0.4, -0.2) is 12.5 Å². The number of carbonyl (C=O) groups is 1. The van der Waals surface area contributed by atoms with Crippen LogP contribution in [0.15, 0.2) is 60.2 Å². The van der Waals surface area contributed by atoms with Crippen LogP contribution in [0.1, 0.15) is 34.7 Å². The molecule has 3 rings (SSSR count). The van der Waals surface area contributed by atoms with Crippen LogP contribution in [0.4, 0.5) is 10.1 Å². The Bertz CT molecular complexity index is 1250. The van der Waals surface area contributed by atoms with Crippen LogP contribution < -0.4 is 14.8 Å². The summed E-state index contributed by atoms with van der Waals surface area (Å²) in [4.78, 5) is 12.5. The number of benzene rings is 3. The summed E-state index contributed by atoms with van der Waals surface area (Å²) in [5, 5.41) is 11.9. The van der Waals surface area contributed by atoms with E-state index in [9.17, 15) is 14.4 Å². The van der Waals surface area contributed by atoms with E-state index in [4.69, 9.17) is 9.47 Å². The van der Waals surface area contributed by atoms with Crippen molar-refractivity contribution < 1.29 is 18.7 Å². The number of hydrogen-bond donors (Lipinski definition) is 1. The van der Waals surface area contributed by atoms with Gasteiger partial charge in [0.2, 0.25) is 0 Å². The number of para-hydroxylation sites is 1. The van der Waals surface area contributed by atoms with Crippen molar-refractivity contribution in [3.63, 3.8) is 0 Å². The number of nitriles is 1. The highest BCUT2D eigenvalue weighted by molar-refractivity contribution is 6.09. The topological polar surface area (TPSA) is 71.3 Å². The second-order valence-corrected chi connectivity index (χ2v) is 7.91. The summed E-state index contributed by atoms with van der Waals surface area (Å²) in [6.45, 7) is 8.86. The number of hydrogen-bond acceptors (Lipinski definition) is 4. The minimum absolute atomic E-state index is 0.00842. The summed E-state index contributed by atoms with van der Waals surface area (Å²) in [5.41, 5.74) is 5.08. The second kappa shape index (κ2) is 11.2. The second-order valence-electron chi connectivity index (χ2n) is 7.91. The molecule has 0 aliphatic heterocycles. The number of nitrogens with one attached hydrogen (secondary N) is 1. The highest BCUT2D eigenvalue weighted by atomic mass is 19.1. The van der Waals surface area contributed by atoms with Gasteiger partial charge < -0.3 is 14.8 Å². The molecule has 0 spiro atoms. The lowest BCUT2D eigenvalue weighted by molar-refractivity contribution is -0.112. The molecular weight excluding hydrogens is 431 g/mol. The monoisotopic (exact) mass is 458 g/mol. The standard InChI is InChI=1S/C28H27FN2O3/c1-5-33-27-15-21(14-22(16-30)28(32)31-25-9-7-6-8-24(25)29)10-11-26(27)34-17-23-19(3)12-18(2)13-20(23)4/h6-15H,5,17H2,1-4H3,(H,31,32)/b22-14+. The van der Waals surface area contributed by atoms with Crippen LogP contribution in [0.3, 0.4) is 0 Å². The number of ether oxygens (including phenoxy) is 2. The molecule has 0 bridgehead atoms. The zero-order chi connectivity index (χ0) is 24.7. The van der Waals surface area contributed by atoms with Gasteiger partial charge in [0, 0.05) is 0 Å². The van der Waals surface area contributed by atoms with Crippen LogP contribution in [0.2, 0.25) is 0 Å². The van der Waals surface area contributed by atoms with Gasteiger partial charge in [0.15, 0.2) is 11.5 Å². The molecule has 5 nitrogen and oxygen atoms in total. The van der Waals surface area contributed by atoms with Crippen molar-refractivity contribution in [1.82, 2.24) is 0 Å². The number of amides is 1. The molecule has 34 heavy (non-hydrogen) atoms. The molecule has 1 amide bonds. The third-order valence-electron chi connectivity index (χ3n) is 5.28. The van der Waals surface area contributed by atoms with E-state index in [0.717, 1.165) is 16.7 Å². The molecule has 0 aliphatic carbocycles. The van der Waals surface area contributed by atoms with Crippen LogP contribution in [-0.2, 0) is 11.4 Å². The Morgan fingerprint density at radius 2 is 1.74 bits per heavy atom. The molecule has 0 saturated carbocycles. The van der Waals surface area contributed by atoms with Gasteiger partial charge in [-0.3, -0.25) is 4.79 Å². The van der Waals surface area contributed by atoms with Crippen LogP contribution in [0, 0.1) is 37.9 Å². The Hall–Kier alpha value is -4.11. The highest BCUT2D eigenvalue weighted by Crippen LogP contribution is 2.31. The molecule has 3 aromatic carbocycles. The largest absolute Gasteiger partial charge is 0.490 e. The zero-order valence-electron chi connectivity index (χ0n) is 19.7. The Kier molecular flexibility index (Phi) is 8.05. The van der Waals surface area contributed by atoms with Gasteiger partial charge in [-0.15, -0.1) is 0 Å². The van der Waals surface area contributed by atoms with Crippen molar-refractivity contribution in [3.05, 3.63) is 93.8 Å². The third-order valence-corrected chi connectivity index (χ3v) is 5.28. The van der Waals surface area contributed by atoms with E-state index in [1.165, 1.54) is 29.8 Å². The van der Waals surface area contributed by atoms with Gasteiger partial charge in [-0.2, -0.15) is 5.26 Å². The summed E-state index contributed by atoms with van der Waals surface area (Å²) in [6, 6.07) is 17.1. The average Bonchev–Trinajstić information content (AvgIpc) is 2.79. The molecule has 174 valence electrons. The van der Waals surface area contributed by atoms with E-state index < -0.39 is 11.7 Å². The first-order valence-electron chi connectivity index (χ1n) is 11.0. The van der Waals surface area contributed by atoms with Crippen molar-refractivity contribution >= 4 is 17.7 Å². The van der Waals surface area contributed by atoms with Crippen molar-refractivity contribution in [1.29, 1.82) is 5.26 Å². The molecular formula is C28H27FN2O3. The molecule has 0 fully saturated rings. The first-order valence-corrected chi connectivity index (χ1v) is 11.0. The average molecular weight is 459 g/mol. The predicted octanol–water partition coefficient (Wildman–Crippen LogP) is 6.27. The van der Waals surface area contributed by atoms with Gasteiger partial charge in [-0.05, 0) is 80.3 Å². The van der Waals surface area contributed by atoms with Crippen molar-refractivity contribution in [2.24, 2.45) is 0 Å². The Labute approximate surface area is 199 Å². The lowest BCUT2D eigenvalue weighted by atomic mass is 10.0. The van der Waals surface area contributed by atoms with E-state index in [-0.39, 0.29) is 11.3 Å². The fraction of sp³-hybridized carbons (Fsp3) is 0.214. The molecule has 0 atom stereocenters. The first kappa shape index (κ1) is 24.5. The van der Waals surface area contributed by atoms with Gasteiger partial charge in [0.25, 0.3) is 5.91 Å². The zero-order valence-corrected chi connectivity index (χ0v) is 19.7. The quantitative estimate of drug-likeness (QED) is 0.319. The van der Waals surface area contributed by atoms with E-state index in [1.807, 2.05) is 13.0 Å². The third kappa shape index (κ3) is 6.02. The predicted molar refractivity (Wildman–Crippen MR) is 131 cm³/mol. The van der Waals surface area contributed by atoms with Gasteiger partial charge in [-0.1, -0.05) is 35.9 Å². The number of anilines is 1. The molecule has 0 aromatic heterocycles. The minimum atomic E-state index is -0.698. The molecule has 6 heteroatoms. The molecule has 0 radical (unpaired) electrons. The fourth-order valence-corrected chi connectivity index (χ4v) is 3.66. The van der Waals surface area contributed by atoms with Crippen molar-refractivity contribution in [2.45, 2.75) is 34.3 Å². The van der Waals surface area contributed by atoms with Crippen LogP contribution >= 0.6 is 0 Å². The lowest BCUT2D eigenvalue weighted by Crippen LogP contribution is -2.14. The number of nitrogens with zero attached hydrogens (tertiary/aromatic N) is 1. The maximum atomic E-state index is 13.8. The Balaban J connectivity index is 1.82. The van der Waals surface area contributed by atoms with E-state index >= 15 is 0 Å². The smallest absolute Gasteiger partial charge is 0.266 e. The fourth-order valence-electron chi connectivity index (χ4n) is 3.66. The van der Waals surface area contributed by atoms with E-state index in [0.29, 0.717) is 30.3 Å². The van der Waals surface area contributed by atoms with Crippen LogP contribution in [0.5, 0.6) is 11.5 Å². The van der Waals surface area contributed by atoms with Crippen LogP contribution in [0.25, 0.3) is 6.08 Å². The number of rotatable bonds is 8. The molecule has 0 heterocycles. The number of halogens is 1. The summed E-state index contributed by atoms with van der Waals surface area (Å²) >= 11 is 0. The molecule has 3 aromatic rings. The van der Waals surface area contributed by atoms with Gasteiger partial charge >= 0.3 is 0 Å². The first-order chi connectivity index (χ1) is 16.3. The summed E-state index contributed by atoms with van der Waals surface area (Å²) < 4.78 is 25.7. The van der Waals surface area contributed by atoms with Crippen molar-refractivity contribution in [2.75, 3.05) is 11.9 Å². The Morgan fingerprint density at radius 3 is 2.38 bits per heavy atom. The maximum Gasteiger partial charge on any atom is 0.266 e. The van der Waals surface area contributed by atoms with Gasteiger partial charge in [-0.25, -0.2) is 4.39 Å². The van der Waals surface area contributed by atoms with E-state index in [1.54, 1.807) is 24.3 Å². The van der Waals surface area contributed by atoms with Gasteiger partial charge in [0.05, 0.1) is 12.3 Å². The summed E-state index contributed by atoms with van der Waals surface area (Å²) in [7, 11) is 0. The Morgan fingerprint density at radius 1 is 1.03 bits per heavy atom. The maximum absolute atomic E-state index is 13.8. The molecule has 0 aliphatic rings. The number of aryl methyl sites for hydroxylation is 3.